The van der Waals surface area contributed by atoms with Gasteiger partial charge in [-0.05, 0) is 268 Å². The van der Waals surface area contributed by atoms with Gasteiger partial charge in [-0.25, -0.2) is 28.8 Å². The van der Waals surface area contributed by atoms with Crippen LogP contribution in [0.3, 0.4) is 0 Å². The fourth-order valence-corrected chi connectivity index (χ4v) is 31.6. The first-order valence-corrected chi connectivity index (χ1v) is 51.1. The lowest BCUT2D eigenvalue weighted by Crippen LogP contribution is -2.83. The Bertz CT molecular complexity index is 5170. The molecule has 3 aromatic carbocycles. The van der Waals surface area contributed by atoms with Gasteiger partial charge < -0.3 is 89.2 Å². The van der Waals surface area contributed by atoms with Crippen molar-refractivity contribution >= 4 is 36.2 Å². The zero-order valence-electron chi connectivity index (χ0n) is 83.5. The summed E-state index contributed by atoms with van der Waals surface area (Å²) in [6, 6.07) is 9.61. The average molecular weight is 1860 g/mol. The first kappa shape index (κ1) is 95.8. The number of nitrogens with one attached hydrogen (secondary N) is 3. The Kier molecular flexibility index (Phi) is 23.0. The number of carbonyl (C=O) groups excluding carboxylic acids is 3. The summed E-state index contributed by atoms with van der Waals surface area (Å²) >= 11 is 0. The standard InChI is InChI=1S/2C36H52N2O7.C35H50N2O7/c1-20(2)16-23(29(39)40)37-31(41)44-24-11-10-22-17-26-34-12-13-36(43-7,25(18-34)33(6,42)32(3,4)5)30-35(34,27(22)28(24)45-30)14-15-38(26)19-21-8-9-21;1-8-20(2)27(29(39)40)37-31(41)44-23-12-11-22-17-25-34-13-14-36(43-7,24(18-34)33(6,42)32(3,4)5)30-35(34,26(22)28(23)45-30)15-16-38(25)19-21-9-10-21;1-19(2)26(28(38)39)36-30(40)43-22-11-10-21-16-24-33-12-13-35(42-7,23(17-33)32(6,41)31(3,4)5)29-34(33,25(21)27(22)44-29)14-15-37(24)18-20-8-9-20/h10-11,20-21,23,25-26,30,42H,8-9,12-19H2,1-7H3,(H,37,41)(H,39,40);11-12,20-21,24-25,27,30,42H,8-10,13-19H2,1-7H3,(H,37,41)(H,39,40);10-11,19-20,23-24,26,29,41H,8-9,12-18H2,1-7H3,(H,36,40)(H,38,39)/t23-,25-,26-,30?,33-,34-,35+,36-;20?,24-,25-,27-,30?,33-,34-,35+,36-;23-,24-,26-,29?,32-,33-,34+,35-/m111/s1. The quantitative estimate of drug-likeness (QED) is 0.0360. The molecule has 12 bridgehead atoms. The van der Waals surface area contributed by atoms with E-state index in [-0.39, 0.29) is 103 Å². The zero-order chi connectivity index (χ0) is 96.3. The van der Waals surface area contributed by atoms with Crippen LogP contribution in [0.1, 0.15) is 286 Å². The highest BCUT2D eigenvalue weighted by Crippen LogP contribution is 2.83. The zero-order valence-corrected chi connectivity index (χ0v) is 83.5. The van der Waals surface area contributed by atoms with Crippen molar-refractivity contribution in [1.82, 2.24) is 30.7 Å². The molecule has 3 saturated heterocycles. The molecular formula is C107H154N6O21. The molecule has 25 atom stereocenters. The van der Waals surface area contributed by atoms with Gasteiger partial charge in [0.25, 0.3) is 0 Å². The van der Waals surface area contributed by atoms with E-state index >= 15 is 0 Å². The van der Waals surface area contributed by atoms with Gasteiger partial charge in [-0.2, -0.15) is 0 Å². The summed E-state index contributed by atoms with van der Waals surface area (Å²) in [7, 11) is 5.34. The topological polar surface area (TPSA) is 353 Å². The molecule has 24 rings (SSSR count). The highest BCUT2D eigenvalue weighted by molar-refractivity contribution is 5.84. The lowest BCUT2D eigenvalue weighted by atomic mass is 9.33. The number of aliphatic carboxylic acids is 3. The van der Waals surface area contributed by atoms with Gasteiger partial charge in [0.15, 0.2) is 34.5 Å². The number of benzene rings is 3. The van der Waals surface area contributed by atoms with Crippen molar-refractivity contribution in [3.8, 4) is 34.5 Å². The van der Waals surface area contributed by atoms with Crippen LogP contribution in [-0.2, 0) is 64.1 Å². The van der Waals surface area contributed by atoms with Crippen molar-refractivity contribution in [3.05, 3.63) is 69.8 Å². The smallest absolute Gasteiger partial charge is 0.413 e. The molecule has 12 saturated carbocycles. The number of likely N-dealkylation sites (tertiary alicyclic amines) is 3. The molecule has 15 aliphatic carbocycles. The Hall–Kier alpha value is -7.08. The Morgan fingerprint density at radius 2 is 0.724 bits per heavy atom. The normalized spacial score (nSPS) is 37.0. The first-order valence-electron chi connectivity index (χ1n) is 51.1. The SMILES string of the molecule is CCC(C)[C@@H](NC(=O)Oc1ccc2c3c1OC1[C@@]4(OC)CC[C@@]5(C[C@@H]4[C@@](C)(O)C(C)(C)C)[C@@H](C2)N(CC2CC2)CC[C@]315)C(=O)O.CO[C@]12CC[C@@]3(C[C@@H]1[C@@](C)(O)C(C)(C)C)[C@H]1Cc4ccc(OC(=O)N[C@@H](C(=O)O)C(C)C)c5c4[C@@]3(CCN1CC1CC1)C2O5.CO[C@]12CC[C@@]3(C[C@@H]1[C@@](C)(O)C(C)(C)C)[C@H]1Cc4ccc(OC(=O)N[C@H](CC(C)C)C(=O)O)c5c4[C@@]3(CCN1CC1CC1)C2O5. The minimum Gasteiger partial charge on any atom is -0.482 e. The van der Waals surface area contributed by atoms with Crippen LogP contribution in [-0.4, -0.2) is 230 Å². The first-order chi connectivity index (χ1) is 62.9. The Labute approximate surface area is 792 Å². The van der Waals surface area contributed by atoms with Gasteiger partial charge in [0.05, 0.1) is 16.8 Å². The number of carbonyl (C=O) groups is 6. The van der Waals surface area contributed by atoms with Crippen LogP contribution < -0.4 is 44.4 Å². The molecule has 3 aromatic rings. The van der Waals surface area contributed by atoms with Crippen LogP contribution in [0.25, 0.3) is 0 Å². The molecule has 27 heteroatoms. The number of piperidine rings is 3. The number of carboxylic acids is 3. The number of aliphatic hydroxyl groups is 3. The molecule has 134 heavy (non-hydrogen) atoms. The number of fused-ring (bicyclic) bond motifs is 6. The molecule has 6 heterocycles. The summed E-state index contributed by atoms with van der Waals surface area (Å²) in [5, 5.41) is 74.1. The summed E-state index contributed by atoms with van der Waals surface area (Å²) in [6.07, 6.45) is 18.8. The minimum atomic E-state index is -1.10. The predicted molar refractivity (Wildman–Crippen MR) is 501 cm³/mol. The average Bonchev–Trinajstić information content (AvgIpc) is 1.42. The van der Waals surface area contributed by atoms with Gasteiger partial charge in [0.1, 0.15) is 53.2 Å². The fourth-order valence-electron chi connectivity index (χ4n) is 31.6. The second-order valence-corrected chi connectivity index (χ2v) is 49.7. The molecule has 0 aromatic heterocycles. The van der Waals surface area contributed by atoms with Gasteiger partial charge in [-0.3, -0.25) is 14.7 Å². The number of rotatable bonds is 26. The maximum absolute atomic E-state index is 13.2. The molecule has 6 aliphatic heterocycles. The van der Waals surface area contributed by atoms with Crippen molar-refractivity contribution in [2.24, 2.45) is 85.8 Å². The second-order valence-electron chi connectivity index (χ2n) is 49.7. The molecule has 3 amide bonds. The molecule has 738 valence electrons. The van der Waals surface area contributed by atoms with E-state index < -0.39 is 87.9 Å². The summed E-state index contributed by atoms with van der Waals surface area (Å²) in [4.78, 5) is 83.4. The number of hydrogen-bond donors (Lipinski definition) is 9. The van der Waals surface area contributed by atoms with Gasteiger partial charge in [0.2, 0.25) is 0 Å². The van der Waals surface area contributed by atoms with Crippen LogP contribution in [0.4, 0.5) is 14.4 Å². The molecule has 21 aliphatic rings. The molecule has 27 nitrogen and oxygen atoms in total. The lowest BCUT2D eigenvalue weighted by molar-refractivity contribution is -0.312. The van der Waals surface area contributed by atoms with E-state index in [4.69, 9.17) is 42.6 Å². The van der Waals surface area contributed by atoms with E-state index in [9.17, 15) is 59.4 Å². The number of nitrogens with zero attached hydrogens (tertiary/aromatic N) is 3. The van der Waals surface area contributed by atoms with E-state index in [0.29, 0.717) is 65.5 Å². The number of carboxylic acid groups (broad SMARTS) is 3. The van der Waals surface area contributed by atoms with Crippen LogP contribution in [0.15, 0.2) is 36.4 Å². The van der Waals surface area contributed by atoms with Crippen molar-refractivity contribution < 1.29 is 102 Å². The highest BCUT2D eigenvalue weighted by Gasteiger charge is 2.87. The van der Waals surface area contributed by atoms with E-state index in [1.807, 2.05) is 59.7 Å². The lowest BCUT2D eigenvalue weighted by Gasteiger charge is -2.75. The second kappa shape index (κ2) is 32.2. The van der Waals surface area contributed by atoms with Gasteiger partial charge in [-0.1, -0.05) is 128 Å². The Morgan fingerprint density at radius 1 is 0.425 bits per heavy atom. The summed E-state index contributed by atoms with van der Waals surface area (Å²) in [5.41, 5.74) is -0.489. The van der Waals surface area contributed by atoms with Crippen molar-refractivity contribution in [2.75, 3.05) is 60.6 Å². The Morgan fingerprint density at radius 3 is 0.978 bits per heavy atom. The van der Waals surface area contributed by atoms with Crippen molar-refractivity contribution in [2.45, 2.75) is 377 Å². The largest absolute Gasteiger partial charge is 0.482 e. The Balaban J connectivity index is 0.000000129. The molecule has 0 radical (unpaired) electrons. The highest BCUT2D eigenvalue weighted by atomic mass is 16.6. The molecule has 9 N–H and O–H groups in total. The van der Waals surface area contributed by atoms with Crippen LogP contribution in [0, 0.1) is 85.8 Å². The molecule has 4 unspecified atom stereocenters. The van der Waals surface area contributed by atoms with Crippen LogP contribution in [0.2, 0.25) is 0 Å². The van der Waals surface area contributed by atoms with Gasteiger partial charge in [-0.15, -0.1) is 0 Å². The number of amides is 3. The monoisotopic (exact) mass is 1860 g/mol. The van der Waals surface area contributed by atoms with E-state index in [0.717, 1.165) is 170 Å². The van der Waals surface area contributed by atoms with E-state index in [1.165, 1.54) is 55.2 Å². The number of hydrogen-bond acceptors (Lipinski definition) is 21. The number of ether oxygens (including phenoxy) is 9. The molecular weight excluding hydrogens is 1710 g/mol. The third kappa shape index (κ3) is 13.6. The summed E-state index contributed by atoms with van der Waals surface area (Å²) < 4.78 is 59.1. The summed E-state index contributed by atoms with van der Waals surface area (Å²) in [5.74, 6) is 0.888. The third-order valence-electron chi connectivity index (χ3n) is 40.4. The predicted octanol–water partition coefficient (Wildman–Crippen LogP) is 15.5. The van der Waals surface area contributed by atoms with E-state index in [1.54, 1.807) is 42.1 Å². The van der Waals surface area contributed by atoms with Crippen molar-refractivity contribution in [1.29, 1.82) is 0 Å². The summed E-state index contributed by atoms with van der Waals surface area (Å²) in [6.45, 7) is 42.4. The van der Waals surface area contributed by atoms with Gasteiger partial charge in [0, 0.05) is 126 Å². The number of methoxy groups -OCH3 is 3. The van der Waals surface area contributed by atoms with Crippen LogP contribution in [0.5, 0.6) is 34.5 Å². The van der Waals surface area contributed by atoms with E-state index in [2.05, 4.69) is 111 Å². The third-order valence-corrected chi connectivity index (χ3v) is 40.4. The van der Waals surface area contributed by atoms with Crippen molar-refractivity contribution in [3.63, 3.8) is 0 Å². The fraction of sp³-hybridized carbons (Fsp3) is 0.776. The van der Waals surface area contributed by atoms with Crippen LogP contribution >= 0.6 is 0 Å². The molecule has 6 spiro atoms. The maximum atomic E-state index is 13.2. The minimum absolute atomic E-state index is 0.0900. The van der Waals surface area contributed by atoms with Gasteiger partial charge >= 0.3 is 36.2 Å². The maximum Gasteiger partial charge on any atom is 0.413 e. The molecule has 15 fully saturated rings.